The van der Waals surface area contributed by atoms with Crippen LogP contribution in [0, 0.1) is 0 Å². The van der Waals surface area contributed by atoms with Gasteiger partial charge in [0.15, 0.2) is 0 Å². The second-order valence-electron chi connectivity index (χ2n) is 4.97. The zero-order valence-corrected chi connectivity index (χ0v) is 14.3. The van der Waals surface area contributed by atoms with Gasteiger partial charge in [0.1, 0.15) is 5.75 Å². The number of rotatable bonds is 7. The van der Waals surface area contributed by atoms with Gasteiger partial charge in [-0.1, -0.05) is 25.1 Å². The lowest BCUT2D eigenvalue weighted by atomic mass is 10.2. The van der Waals surface area contributed by atoms with Crippen LogP contribution in [-0.4, -0.2) is 28.1 Å². The molecule has 0 aliphatic carbocycles. The van der Waals surface area contributed by atoms with Crippen LogP contribution in [0.4, 0.5) is 5.69 Å². The minimum absolute atomic E-state index is 0.0284. The highest BCUT2D eigenvalue weighted by atomic mass is 32.2. The summed E-state index contributed by atoms with van der Waals surface area (Å²) in [5.41, 5.74) is 0.505. The van der Waals surface area contributed by atoms with E-state index in [1.165, 1.54) is 31.4 Å². The minimum atomic E-state index is -3.86. The van der Waals surface area contributed by atoms with E-state index in [4.69, 9.17) is 9.47 Å². The van der Waals surface area contributed by atoms with Gasteiger partial charge in [0.2, 0.25) is 0 Å². The van der Waals surface area contributed by atoms with Crippen molar-refractivity contribution in [2.45, 2.75) is 18.2 Å². The van der Waals surface area contributed by atoms with E-state index in [0.29, 0.717) is 17.9 Å². The van der Waals surface area contributed by atoms with Crippen molar-refractivity contribution in [3.63, 3.8) is 0 Å². The Morgan fingerprint density at radius 1 is 1.12 bits per heavy atom. The van der Waals surface area contributed by atoms with Crippen molar-refractivity contribution >= 4 is 21.7 Å². The van der Waals surface area contributed by atoms with Crippen LogP contribution >= 0.6 is 0 Å². The Morgan fingerprint density at radius 2 is 1.88 bits per heavy atom. The van der Waals surface area contributed by atoms with E-state index in [1.807, 2.05) is 6.92 Å². The van der Waals surface area contributed by atoms with Gasteiger partial charge < -0.3 is 9.47 Å². The molecule has 0 atom stereocenters. The van der Waals surface area contributed by atoms with Crippen molar-refractivity contribution in [1.29, 1.82) is 0 Å². The van der Waals surface area contributed by atoms with Crippen LogP contribution < -0.4 is 9.46 Å². The Hall–Kier alpha value is -2.54. The van der Waals surface area contributed by atoms with Crippen molar-refractivity contribution < 1.29 is 22.7 Å². The molecule has 0 aromatic heterocycles. The van der Waals surface area contributed by atoms with Crippen molar-refractivity contribution in [1.82, 2.24) is 0 Å². The second kappa shape index (κ2) is 7.83. The molecule has 128 valence electrons. The normalized spacial score (nSPS) is 10.9. The third kappa shape index (κ3) is 4.26. The number of sulfonamides is 1. The Kier molecular flexibility index (Phi) is 5.81. The summed E-state index contributed by atoms with van der Waals surface area (Å²) in [4.78, 5) is 11.9. The lowest BCUT2D eigenvalue weighted by Gasteiger charge is -2.12. The summed E-state index contributed by atoms with van der Waals surface area (Å²) >= 11 is 0. The number of para-hydroxylation sites is 2. The molecule has 0 unspecified atom stereocenters. The average Bonchev–Trinajstić information content (AvgIpc) is 2.60. The molecule has 2 aromatic rings. The Labute approximate surface area is 141 Å². The molecular formula is C17H19NO5S. The fourth-order valence-corrected chi connectivity index (χ4v) is 3.12. The molecule has 0 heterocycles. The maximum atomic E-state index is 12.5. The highest BCUT2D eigenvalue weighted by molar-refractivity contribution is 7.92. The first-order chi connectivity index (χ1) is 11.5. The first kappa shape index (κ1) is 17.8. The average molecular weight is 349 g/mol. The number of ether oxygens (including phenoxy) is 2. The largest absolute Gasteiger partial charge is 0.495 e. The molecule has 0 saturated heterocycles. The quantitative estimate of drug-likeness (QED) is 0.777. The summed E-state index contributed by atoms with van der Waals surface area (Å²) in [7, 11) is -2.40. The molecular weight excluding hydrogens is 330 g/mol. The summed E-state index contributed by atoms with van der Waals surface area (Å²) in [6.07, 6.45) is 0.694. The number of anilines is 1. The molecule has 2 aromatic carbocycles. The van der Waals surface area contributed by atoms with Gasteiger partial charge in [-0.05, 0) is 36.8 Å². The lowest BCUT2D eigenvalue weighted by molar-refractivity contribution is 0.0505. The summed E-state index contributed by atoms with van der Waals surface area (Å²) in [6, 6.07) is 12.4. The number of carbonyl (C=O) groups is 1. The molecule has 6 nitrogen and oxygen atoms in total. The van der Waals surface area contributed by atoms with Gasteiger partial charge in [0, 0.05) is 0 Å². The summed E-state index contributed by atoms with van der Waals surface area (Å²) < 4.78 is 37.7. The molecule has 0 bridgehead atoms. The number of carbonyl (C=O) groups excluding carboxylic acids is 1. The predicted octanol–water partition coefficient (Wildman–Crippen LogP) is 3.06. The van der Waals surface area contributed by atoms with Gasteiger partial charge in [0.25, 0.3) is 10.0 Å². The molecule has 0 fully saturated rings. The van der Waals surface area contributed by atoms with E-state index >= 15 is 0 Å². The van der Waals surface area contributed by atoms with Gasteiger partial charge in [0.05, 0.1) is 29.9 Å². The van der Waals surface area contributed by atoms with Crippen LogP contribution in [0.25, 0.3) is 0 Å². The zero-order valence-electron chi connectivity index (χ0n) is 13.5. The van der Waals surface area contributed by atoms with Crippen LogP contribution in [0.1, 0.15) is 23.7 Å². The fraction of sp³-hybridized carbons (Fsp3) is 0.235. The number of nitrogens with one attached hydrogen (secondary N) is 1. The highest BCUT2D eigenvalue weighted by Gasteiger charge is 2.18. The standard InChI is InChI=1S/C17H19NO5S/c1-3-11-23-17(19)13-7-6-8-14(12-13)24(20,21)18-15-9-4-5-10-16(15)22-2/h4-10,12,18H,3,11H2,1-2H3. The Balaban J connectivity index is 2.28. The summed E-state index contributed by atoms with van der Waals surface area (Å²) in [6.45, 7) is 2.17. The lowest BCUT2D eigenvalue weighted by Crippen LogP contribution is -2.15. The van der Waals surface area contributed by atoms with Crippen molar-refractivity contribution in [3.8, 4) is 5.75 Å². The molecule has 1 N–H and O–H groups in total. The second-order valence-corrected chi connectivity index (χ2v) is 6.65. The molecule has 0 amide bonds. The molecule has 7 heteroatoms. The van der Waals surface area contributed by atoms with E-state index in [0.717, 1.165) is 0 Å². The zero-order chi connectivity index (χ0) is 17.6. The van der Waals surface area contributed by atoms with Crippen LogP contribution in [0.2, 0.25) is 0 Å². The first-order valence-corrected chi connectivity index (χ1v) is 8.89. The van der Waals surface area contributed by atoms with Crippen LogP contribution in [0.3, 0.4) is 0 Å². The first-order valence-electron chi connectivity index (χ1n) is 7.41. The topological polar surface area (TPSA) is 81.7 Å². The van der Waals surface area contributed by atoms with E-state index in [2.05, 4.69) is 4.72 Å². The smallest absolute Gasteiger partial charge is 0.338 e. The number of hydrogen-bond donors (Lipinski definition) is 1. The Bertz CT molecular complexity index is 817. The monoisotopic (exact) mass is 349 g/mol. The predicted molar refractivity (Wildman–Crippen MR) is 90.8 cm³/mol. The van der Waals surface area contributed by atoms with Crippen molar-refractivity contribution in [2.75, 3.05) is 18.4 Å². The van der Waals surface area contributed by atoms with Gasteiger partial charge in [-0.15, -0.1) is 0 Å². The van der Waals surface area contributed by atoms with E-state index < -0.39 is 16.0 Å². The van der Waals surface area contributed by atoms with Gasteiger partial charge in [-0.3, -0.25) is 4.72 Å². The van der Waals surface area contributed by atoms with Crippen molar-refractivity contribution in [2.24, 2.45) is 0 Å². The molecule has 0 aliphatic rings. The van der Waals surface area contributed by atoms with Gasteiger partial charge >= 0.3 is 5.97 Å². The number of methoxy groups -OCH3 is 1. The SMILES string of the molecule is CCCOC(=O)c1cccc(S(=O)(=O)Nc2ccccc2OC)c1. The van der Waals surface area contributed by atoms with Crippen LogP contribution in [-0.2, 0) is 14.8 Å². The van der Waals surface area contributed by atoms with E-state index in [9.17, 15) is 13.2 Å². The van der Waals surface area contributed by atoms with E-state index in [-0.39, 0.29) is 17.1 Å². The maximum absolute atomic E-state index is 12.5. The number of esters is 1. The van der Waals surface area contributed by atoms with Gasteiger partial charge in [-0.2, -0.15) is 0 Å². The van der Waals surface area contributed by atoms with Gasteiger partial charge in [-0.25, -0.2) is 13.2 Å². The van der Waals surface area contributed by atoms with Crippen LogP contribution in [0.5, 0.6) is 5.75 Å². The Morgan fingerprint density at radius 3 is 2.58 bits per heavy atom. The molecule has 0 saturated carbocycles. The highest BCUT2D eigenvalue weighted by Crippen LogP contribution is 2.26. The molecule has 0 radical (unpaired) electrons. The molecule has 24 heavy (non-hydrogen) atoms. The third-order valence-electron chi connectivity index (χ3n) is 3.17. The molecule has 2 rings (SSSR count). The summed E-state index contributed by atoms with van der Waals surface area (Å²) in [5.74, 6) is -0.147. The van der Waals surface area contributed by atoms with Crippen LogP contribution in [0.15, 0.2) is 53.4 Å². The fourth-order valence-electron chi connectivity index (χ4n) is 2.00. The number of benzene rings is 2. The molecule has 0 spiro atoms. The minimum Gasteiger partial charge on any atom is -0.495 e. The molecule has 0 aliphatic heterocycles. The van der Waals surface area contributed by atoms with E-state index in [1.54, 1.807) is 24.3 Å². The third-order valence-corrected chi connectivity index (χ3v) is 4.53. The number of hydrogen-bond acceptors (Lipinski definition) is 5. The van der Waals surface area contributed by atoms with Crippen molar-refractivity contribution in [3.05, 3.63) is 54.1 Å². The maximum Gasteiger partial charge on any atom is 0.338 e. The summed E-state index contributed by atoms with van der Waals surface area (Å²) in [5, 5.41) is 0.